The molecule has 2 amide bonds. The van der Waals surface area contributed by atoms with Crippen LogP contribution in [0.5, 0.6) is 17.2 Å². The highest BCUT2D eigenvalue weighted by Gasteiger charge is 2.35. The van der Waals surface area contributed by atoms with E-state index in [1.807, 2.05) is 70.2 Å². The second kappa shape index (κ2) is 12.6. The molecule has 0 N–H and O–H groups in total. The van der Waals surface area contributed by atoms with Crippen LogP contribution in [0.4, 0.5) is 9.59 Å². The zero-order valence-corrected chi connectivity index (χ0v) is 22.6. The summed E-state index contributed by atoms with van der Waals surface area (Å²) < 4.78 is 28.2. The molecule has 0 saturated carbocycles. The average molecular weight is 515 g/mol. The molecule has 0 unspecified atom stereocenters. The van der Waals surface area contributed by atoms with Crippen molar-refractivity contribution >= 4 is 12.2 Å². The summed E-state index contributed by atoms with van der Waals surface area (Å²) in [6.45, 7) is 8.88. The predicted octanol–water partition coefficient (Wildman–Crippen LogP) is 5.04. The fraction of sp³-hybridized carbons (Fsp3) is 0.500. The first-order valence-electron chi connectivity index (χ1n) is 12.4. The van der Waals surface area contributed by atoms with Crippen molar-refractivity contribution in [2.75, 3.05) is 40.5 Å². The predicted molar refractivity (Wildman–Crippen MR) is 139 cm³/mol. The molecule has 1 heterocycles. The van der Waals surface area contributed by atoms with Gasteiger partial charge in [-0.3, -0.25) is 0 Å². The standard InChI is InChI=1S/C28H38N2O7/c1-20-16-23(33-5)25(24(17-20)34-6)35-15-12-22-18-29(13-14-30(22)27(32)37-28(2,3)4)26(31)36-19-21-10-8-7-9-11-21/h7-11,16-17,22H,12-15,18-19H2,1-6H3/t22-/m1/s1. The third-order valence-electron chi connectivity index (χ3n) is 5.88. The number of hydrogen-bond acceptors (Lipinski definition) is 7. The zero-order valence-electron chi connectivity index (χ0n) is 22.6. The van der Waals surface area contributed by atoms with Crippen LogP contribution in [0.15, 0.2) is 42.5 Å². The summed E-state index contributed by atoms with van der Waals surface area (Å²) in [6.07, 6.45) is -0.372. The second-order valence-corrected chi connectivity index (χ2v) is 9.95. The topological polar surface area (TPSA) is 86.8 Å². The summed E-state index contributed by atoms with van der Waals surface area (Å²) in [5.41, 5.74) is 1.26. The van der Waals surface area contributed by atoms with Crippen LogP contribution in [0.1, 0.15) is 38.3 Å². The molecular formula is C28H38N2O7. The van der Waals surface area contributed by atoms with E-state index in [9.17, 15) is 9.59 Å². The monoisotopic (exact) mass is 514 g/mol. The van der Waals surface area contributed by atoms with Gasteiger partial charge in [0.2, 0.25) is 5.75 Å². The van der Waals surface area contributed by atoms with E-state index < -0.39 is 17.8 Å². The van der Waals surface area contributed by atoms with E-state index in [1.54, 1.807) is 24.0 Å². The largest absolute Gasteiger partial charge is 0.493 e. The Balaban J connectivity index is 1.69. The first-order chi connectivity index (χ1) is 17.6. The Morgan fingerprint density at radius 1 is 0.973 bits per heavy atom. The molecule has 0 aliphatic carbocycles. The molecule has 37 heavy (non-hydrogen) atoms. The Hall–Kier alpha value is -3.62. The van der Waals surface area contributed by atoms with E-state index in [0.29, 0.717) is 43.3 Å². The molecule has 0 aromatic heterocycles. The summed E-state index contributed by atoms with van der Waals surface area (Å²) in [7, 11) is 3.15. The Kier molecular flexibility index (Phi) is 9.49. The van der Waals surface area contributed by atoms with Crippen LogP contribution in [0.25, 0.3) is 0 Å². The molecule has 1 fully saturated rings. The minimum atomic E-state index is -0.632. The van der Waals surface area contributed by atoms with Gasteiger partial charge in [-0.1, -0.05) is 30.3 Å². The molecule has 1 aliphatic heterocycles. The maximum Gasteiger partial charge on any atom is 0.410 e. The van der Waals surface area contributed by atoms with Gasteiger partial charge in [-0.25, -0.2) is 9.59 Å². The lowest BCUT2D eigenvalue weighted by atomic mass is 10.1. The van der Waals surface area contributed by atoms with Gasteiger partial charge in [-0.2, -0.15) is 0 Å². The molecule has 1 aliphatic rings. The molecule has 0 radical (unpaired) electrons. The van der Waals surface area contributed by atoms with Crippen molar-refractivity contribution < 1.29 is 33.3 Å². The molecule has 1 atom stereocenters. The normalized spacial score (nSPS) is 15.7. The molecule has 0 spiro atoms. The van der Waals surface area contributed by atoms with Gasteiger partial charge in [0.25, 0.3) is 0 Å². The molecule has 1 saturated heterocycles. The summed E-state index contributed by atoms with van der Waals surface area (Å²) in [5, 5.41) is 0. The van der Waals surface area contributed by atoms with Crippen LogP contribution in [-0.4, -0.2) is 74.1 Å². The number of carbonyl (C=O) groups is 2. The maximum atomic E-state index is 13.0. The van der Waals surface area contributed by atoms with Gasteiger partial charge < -0.3 is 33.5 Å². The smallest absolute Gasteiger partial charge is 0.410 e. The number of carbonyl (C=O) groups excluding carboxylic acids is 2. The highest BCUT2D eigenvalue weighted by atomic mass is 16.6. The van der Waals surface area contributed by atoms with Crippen molar-refractivity contribution in [2.45, 2.75) is 52.4 Å². The fourth-order valence-corrected chi connectivity index (χ4v) is 4.09. The Morgan fingerprint density at radius 3 is 2.22 bits per heavy atom. The van der Waals surface area contributed by atoms with Crippen molar-refractivity contribution in [1.29, 1.82) is 0 Å². The second-order valence-electron chi connectivity index (χ2n) is 9.95. The highest BCUT2D eigenvalue weighted by molar-refractivity contribution is 5.71. The number of rotatable bonds is 8. The fourth-order valence-electron chi connectivity index (χ4n) is 4.09. The van der Waals surface area contributed by atoms with E-state index >= 15 is 0 Å². The van der Waals surface area contributed by atoms with Crippen molar-refractivity contribution in [3.63, 3.8) is 0 Å². The van der Waals surface area contributed by atoms with Gasteiger partial charge in [0.05, 0.1) is 26.9 Å². The van der Waals surface area contributed by atoms with Crippen molar-refractivity contribution in [3.8, 4) is 17.2 Å². The summed E-state index contributed by atoms with van der Waals surface area (Å²) in [4.78, 5) is 29.1. The molecular weight excluding hydrogens is 476 g/mol. The van der Waals surface area contributed by atoms with Gasteiger partial charge in [0.15, 0.2) is 11.5 Å². The SMILES string of the molecule is COc1cc(C)cc(OC)c1OCC[C@@H]1CN(C(=O)OCc2ccccc2)CCN1C(=O)OC(C)(C)C. The van der Waals surface area contributed by atoms with Crippen LogP contribution in [0, 0.1) is 6.92 Å². The van der Waals surface area contributed by atoms with Crippen LogP contribution in [0.2, 0.25) is 0 Å². The number of amides is 2. The first kappa shape index (κ1) is 28.0. The third-order valence-corrected chi connectivity index (χ3v) is 5.88. The Morgan fingerprint density at radius 2 is 1.62 bits per heavy atom. The van der Waals surface area contributed by atoms with Gasteiger partial charge in [0, 0.05) is 26.1 Å². The molecule has 9 nitrogen and oxygen atoms in total. The van der Waals surface area contributed by atoms with E-state index in [-0.39, 0.29) is 19.3 Å². The lowest BCUT2D eigenvalue weighted by molar-refractivity contribution is -0.00622. The number of benzene rings is 2. The molecule has 9 heteroatoms. The summed E-state index contributed by atoms with van der Waals surface area (Å²) in [6, 6.07) is 12.9. The van der Waals surface area contributed by atoms with Gasteiger partial charge in [0.1, 0.15) is 12.2 Å². The minimum Gasteiger partial charge on any atom is -0.493 e. The lowest BCUT2D eigenvalue weighted by Crippen LogP contribution is -2.57. The number of hydrogen-bond donors (Lipinski definition) is 0. The molecule has 3 rings (SSSR count). The van der Waals surface area contributed by atoms with Crippen LogP contribution in [-0.2, 0) is 16.1 Å². The Labute approximate surface area is 219 Å². The van der Waals surface area contributed by atoms with E-state index in [1.165, 1.54) is 0 Å². The summed E-state index contributed by atoms with van der Waals surface area (Å²) in [5.74, 6) is 1.63. The quantitative estimate of drug-likeness (QED) is 0.488. The number of ether oxygens (including phenoxy) is 5. The highest BCUT2D eigenvalue weighted by Crippen LogP contribution is 2.38. The van der Waals surface area contributed by atoms with Crippen molar-refractivity contribution in [3.05, 3.63) is 53.6 Å². The third kappa shape index (κ3) is 7.93. The van der Waals surface area contributed by atoms with E-state index in [2.05, 4.69) is 0 Å². The van der Waals surface area contributed by atoms with Gasteiger partial charge in [-0.15, -0.1) is 0 Å². The minimum absolute atomic E-state index is 0.187. The average Bonchev–Trinajstić information content (AvgIpc) is 2.87. The first-order valence-corrected chi connectivity index (χ1v) is 12.4. The van der Waals surface area contributed by atoms with Gasteiger partial charge >= 0.3 is 12.2 Å². The molecule has 0 bridgehead atoms. The van der Waals surface area contributed by atoms with Crippen LogP contribution < -0.4 is 14.2 Å². The molecule has 202 valence electrons. The zero-order chi connectivity index (χ0) is 27.0. The van der Waals surface area contributed by atoms with E-state index in [4.69, 9.17) is 23.7 Å². The number of nitrogens with zero attached hydrogens (tertiary/aromatic N) is 2. The molecule has 2 aromatic rings. The van der Waals surface area contributed by atoms with Crippen molar-refractivity contribution in [2.24, 2.45) is 0 Å². The lowest BCUT2D eigenvalue weighted by Gasteiger charge is -2.41. The number of aryl methyl sites for hydroxylation is 1. The Bertz CT molecular complexity index is 1030. The summed E-state index contributed by atoms with van der Waals surface area (Å²) >= 11 is 0. The number of methoxy groups -OCH3 is 2. The maximum absolute atomic E-state index is 13.0. The van der Waals surface area contributed by atoms with Crippen LogP contribution in [0.3, 0.4) is 0 Å². The number of piperazine rings is 1. The van der Waals surface area contributed by atoms with Crippen molar-refractivity contribution in [1.82, 2.24) is 9.80 Å². The van der Waals surface area contributed by atoms with Crippen LogP contribution >= 0.6 is 0 Å². The molecule has 2 aromatic carbocycles. The van der Waals surface area contributed by atoms with E-state index in [0.717, 1.165) is 11.1 Å². The van der Waals surface area contributed by atoms with Gasteiger partial charge in [-0.05, 0) is 51.0 Å².